The monoisotopic (exact) mass is 414 g/mol. The van der Waals surface area contributed by atoms with Gasteiger partial charge in [0.25, 0.3) is 11.8 Å². The first-order valence-corrected chi connectivity index (χ1v) is 10.8. The lowest BCUT2D eigenvalue weighted by Gasteiger charge is -2.17. The van der Waals surface area contributed by atoms with Crippen molar-refractivity contribution >= 4 is 29.5 Å². The lowest BCUT2D eigenvalue weighted by atomic mass is 10.1. The molecule has 0 radical (unpaired) electrons. The molecule has 0 aliphatic rings. The molecule has 0 fully saturated rings. The number of nitrogens with one attached hydrogen (secondary N) is 2. The molecular weight excluding hydrogens is 388 g/mol. The van der Waals surface area contributed by atoms with E-state index in [9.17, 15) is 14.4 Å². The number of amides is 2. The summed E-state index contributed by atoms with van der Waals surface area (Å²) in [5.41, 5.74) is 1.58. The van der Waals surface area contributed by atoms with Crippen LogP contribution in [0.1, 0.15) is 22.3 Å². The number of rotatable bonds is 11. The summed E-state index contributed by atoms with van der Waals surface area (Å²) in [6.45, 7) is 0.0889. The molecule has 0 spiro atoms. The van der Waals surface area contributed by atoms with Gasteiger partial charge in [-0.2, -0.15) is 11.8 Å². The minimum atomic E-state index is -0.799. The molecule has 0 unspecified atom stereocenters. The van der Waals surface area contributed by atoms with Crippen LogP contribution in [-0.4, -0.2) is 49.0 Å². The van der Waals surface area contributed by atoms with Gasteiger partial charge in [0.15, 0.2) is 6.61 Å². The number of carbonyl (C=O) groups is 3. The van der Waals surface area contributed by atoms with E-state index in [4.69, 9.17) is 4.74 Å². The third kappa shape index (κ3) is 8.39. The molecule has 2 aromatic rings. The SMILES string of the molecule is CSCC[C@@H](NC(=O)c1ccccc1)C(=O)OCC(=O)NCCc1ccccc1. The van der Waals surface area contributed by atoms with E-state index in [2.05, 4.69) is 10.6 Å². The highest BCUT2D eigenvalue weighted by Crippen LogP contribution is 2.06. The summed E-state index contributed by atoms with van der Waals surface area (Å²) in [7, 11) is 0. The van der Waals surface area contributed by atoms with Gasteiger partial charge < -0.3 is 15.4 Å². The first-order valence-electron chi connectivity index (χ1n) is 9.42. The van der Waals surface area contributed by atoms with Crippen LogP contribution in [0.4, 0.5) is 0 Å². The van der Waals surface area contributed by atoms with E-state index in [1.54, 1.807) is 36.0 Å². The number of benzene rings is 2. The first-order chi connectivity index (χ1) is 14.1. The number of esters is 1. The highest BCUT2D eigenvalue weighted by atomic mass is 32.2. The fraction of sp³-hybridized carbons (Fsp3) is 0.318. The van der Waals surface area contributed by atoms with Gasteiger partial charge in [0.05, 0.1) is 0 Å². The molecule has 29 heavy (non-hydrogen) atoms. The van der Waals surface area contributed by atoms with Crippen molar-refractivity contribution in [3.63, 3.8) is 0 Å². The van der Waals surface area contributed by atoms with Crippen LogP contribution < -0.4 is 10.6 Å². The van der Waals surface area contributed by atoms with Gasteiger partial charge in [0.2, 0.25) is 0 Å². The molecular formula is C22H26N2O4S. The van der Waals surface area contributed by atoms with Crippen LogP contribution in [0.3, 0.4) is 0 Å². The average molecular weight is 415 g/mol. The van der Waals surface area contributed by atoms with E-state index < -0.39 is 12.0 Å². The van der Waals surface area contributed by atoms with Crippen LogP contribution in [0.5, 0.6) is 0 Å². The molecule has 2 rings (SSSR count). The normalized spacial score (nSPS) is 11.3. The number of carbonyl (C=O) groups excluding carboxylic acids is 3. The molecule has 0 saturated carbocycles. The summed E-state index contributed by atoms with van der Waals surface area (Å²) in [4.78, 5) is 36.7. The predicted molar refractivity (Wildman–Crippen MR) is 115 cm³/mol. The van der Waals surface area contributed by atoms with Crippen molar-refractivity contribution < 1.29 is 19.1 Å². The van der Waals surface area contributed by atoms with Crippen LogP contribution in [0.2, 0.25) is 0 Å². The third-order valence-corrected chi connectivity index (χ3v) is 4.80. The molecule has 7 heteroatoms. The van der Waals surface area contributed by atoms with Crippen molar-refractivity contribution in [1.29, 1.82) is 0 Å². The Kier molecular flexibility index (Phi) is 9.78. The highest BCUT2D eigenvalue weighted by Gasteiger charge is 2.23. The second-order valence-electron chi connectivity index (χ2n) is 6.37. The molecule has 0 aromatic heterocycles. The fourth-order valence-corrected chi connectivity index (χ4v) is 3.07. The fourth-order valence-electron chi connectivity index (χ4n) is 2.59. The molecule has 2 N–H and O–H groups in total. The molecule has 0 bridgehead atoms. The number of ether oxygens (including phenoxy) is 1. The van der Waals surface area contributed by atoms with Crippen LogP contribution in [0, 0.1) is 0 Å². The van der Waals surface area contributed by atoms with E-state index >= 15 is 0 Å². The van der Waals surface area contributed by atoms with Crippen molar-refractivity contribution in [1.82, 2.24) is 10.6 Å². The van der Waals surface area contributed by atoms with Gasteiger partial charge in [-0.15, -0.1) is 0 Å². The highest BCUT2D eigenvalue weighted by molar-refractivity contribution is 7.98. The maximum Gasteiger partial charge on any atom is 0.329 e. The zero-order chi connectivity index (χ0) is 20.9. The maximum absolute atomic E-state index is 12.4. The topological polar surface area (TPSA) is 84.5 Å². The second kappa shape index (κ2) is 12.6. The largest absolute Gasteiger partial charge is 0.454 e. The van der Waals surface area contributed by atoms with Crippen molar-refractivity contribution in [3.8, 4) is 0 Å². The van der Waals surface area contributed by atoms with Crippen molar-refractivity contribution in [3.05, 3.63) is 71.8 Å². The first kappa shape index (κ1) is 22.5. The molecule has 2 aromatic carbocycles. The van der Waals surface area contributed by atoms with Gasteiger partial charge in [0.1, 0.15) is 6.04 Å². The van der Waals surface area contributed by atoms with Gasteiger partial charge in [-0.3, -0.25) is 9.59 Å². The standard InChI is InChI=1S/C22H26N2O4S/c1-29-15-13-19(24-21(26)18-10-6-3-7-11-18)22(27)28-16-20(25)23-14-12-17-8-4-2-5-9-17/h2-11,19H,12-16H2,1H3,(H,23,25)(H,24,26)/t19-/m1/s1. The minimum Gasteiger partial charge on any atom is -0.454 e. The molecule has 0 heterocycles. The van der Waals surface area contributed by atoms with Crippen molar-refractivity contribution in [2.24, 2.45) is 0 Å². The molecule has 0 aliphatic carbocycles. The van der Waals surface area contributed by atoms with Gasteiger partial charge in [-0.25, -0.2) is 4.79 Å². The Hall–Kier alpha value is -2.80. The smallest absolute Gasteiger partial charge is 0.329 e. The Labute approximate surface area is 175 Å². The molecule has 6 nitrogen and oxygen atoms in total. The summed E-state index contributed by atoms with van der Waals surface area (Å²) in [6, 6.07) is 17.7. The zero-order valence-corrected chi connectivity index (χ0v) is 17.2. The van der Waals surface area contributed by atoms with Gasteiger partial charge in [-0.05, 0) is 42.5 Å². The lowest BCUT2D eigenvalue weighted by Crippen LogP contribution is -2.43. The molecule has 154 valence electrons. The van der Waals surface area contributed by atoms with Crippen LogP contribution in [0.15, 0.2) is 60.7 Å². The average Bonchev–Trinajstić information content (AvgIpc) is 2.76. The Bertz CT molecular complexity index is 784. The van der Waals surface area contributed by atoms with E-state index in [-0.39, 0.29) is 18.4 Å². The molecule has 0 aliphatic heterocycles. The Balaban J connectivity index is 1.79. The molecule has 1 atom stereocenters. The van der Waals surface area contributed by atoms with Gasteiger partial charge in [-0.1, -0.05) is 48.5 Å². The van der Waals surface area contributed by atoms with E-state index in [0.29, 0.717) is 30.7 Å². The van der Waals surface area contributed by atoms with Gasteiger partial charge in [0, 0.05) is 12.1 Å². The van der Waals surface area contributed by atoms with E-state index in [1.165, 1.54) is 0 Å². The number of hydrogen-bond donors (Lipinski definition) is 2. The number of hydrogen-bond acceptors (Lipinski definition) is 5. The Morgan fingerprint density at radius 1 is 1.00 bits per heavy atom. The second-order valence-corrected chi connectivity index (χ2v) is 7.35. The zero-order valence-electron chi connectivity index (χ0n) is 16.4. The van der Waals surface area contributed by atoms with E-state index in [1.807, 2.05) is 42.7 Å². The summed E-state index contributed by atoms with van der Waals surface area (Å²) in [6.07, 6.45) is 3.04. The summed E-state index contributed by atoms with van der Waals surface area (Å²) in [5.74, 6) is -0.646. The van der Waals surface area contributed by atoms with E-state index in [0.717, 1.165) is 5.56 Å². The molecule has 0 saturated heterocycles. The van der Waals surface area contributed by atoms with Crippen LogP contribution in [0.25, 0.3) is 0 Å². The number of thioether (sulfide) groups is 1. The lowest BCUT2D eigenvalue weighted by molar-refractivity contribution is -0.150. The minimum absolute atomic E-state index is 0.346. The van der Waals surface area contributed by atoms with Gasteiger partial charge >= 0.3 is 5.97 Å². The summed E-state index contributed by atoms with van der Waals surface area (Å²) in [5, 5.41) is 5.43. The Morgan fingerprint density at radius 3 is 2.31 bits per heavy atom. The van der Waals surface area contributed by atoms with Crippen LogP contribution >= 0.6 is 11.8 Å². The maximum atomic E-state index is 12.4. The third-order valence-electron chi connectivity index (χ3n) is 4.16. The molecule has 2 amide bonds. The van der Waals surface area contributed by atoms with Crippen LogP contribution in [-0.2, 0) is 20.7 Å². The van der Waals surface area contributed by atoms with Crippen molar-refractivity contribution in [2.75, 3.05) is 25.2 Å². The quantitative estimate of drug-likeness (QED) is 0.552. The Morgan fingerprint density at radius 2 is 1.66 bits per heavy atom. The summed E-state index contributed by atoms with van der Waals surface area (Å²) < 4.78 is 5.13. The van der Waals surface area contributed by atoms with Crippen molar-refractivity contribution in [2.45, 2.75) is 18.9 Å². The summed E-state index contributed by atoms with van der Waals surface area (Å²) >= 11 is 1.57. The predicted octanol–water partition coefficient (Wildman–Crippen LogP) is 2.44.